The molecule has 0 radical (unpaired) electrons. The number of rotatable bonds is 3. The topological polar surface area (TPSA) is 122 Å². The minimum absolute atomic E-state index is 0.188. The number of carbonyl (C=O) groups excluding carboxylic acids is 1. The summed E-state index contributed by atoms with van der Waals surface area (Å²) >= 11 is 0. The predicted molar refractivity (Wildman–Crippen MR) is 118 cm³/mol. The van der Waals surface area contributed by atoms with Crippen LogP contribution in [-0.2, 0) is 4.84 Å². The smallest absolute Gasteiger partial charge is 0.346 e. The number of benzene rings is 2. The van der Waals surface area contributed by atoms with Crippen LogP contribution >= 0.6 is 0 Å². The van der Waals surface area contributed by atoms with E-state index in [9.17, 15) is 10.1 Å². The largest absolute Gasteiger partial charge is 0.366 e. The van der Waals surface area contributed by atoms with Crippen LogP contribution in [0.15, 0.2) is 66.9 Å². The van der Waals surface area contributed by atoms with E-state index in [1.165, 1.54) is 5.06 Å². The highest BCUT2D eigenvalue weighted by molar-refractivity contribution is 5.91. The molecule has 0 saturated carbocycles. The van der Waals surface area contributed by atoms with Crippen molar-refractivity contribution < 1.29 is 9.63 Å². The van der Waals surface area contributed by atoms with Gasteiger partial charge in [-0.2, -0.15) is 15.3 Å². The molecule has 5 rings (SSSR count). The minimum atomic E-state index is -0.426. The number of nitrogen functional groups attached to an aromatic ring is 1. The zero-order valence-corrected chi connectivity index (χ0v) is 17.0. The fourth-order valence-corrected chi connectivity index (χ4v) is 3.81. The van der Waals surface area contributed by atoms with Crippen molar-refractivity contribution in [1.29, 1.82) is 5.26 Å². The van der Waals surface area contributed by atoms with Crippen LogP contribution in [-0.4, -0.2) is 32.3 Å². The molecule has 4 aromatic rings. The molecule has 9 heteroatoms. The van der Waals surface area contributed by atoms with Crippen LogP contribution in [0.1, 0.15) is 23.6 Å². The van der Waals surface area contributed by atoms with E-state index in [-0.39, 0.29) is 12.0 Å². The SMILES string of the molecule is N#Cc1ccc(-c2ccc3nc(N)nn3c2)cc1NC(=O)N1OCCC1c1ccccc1. The van der Waals surface area contributed by atoms with Crippen molar-refractivity contribution in [2.75, 3.05) is 17.7 Å². The molecule has 0 bridgehead atoms. The number of carbonyl (C=O) groups is 1. The number of nitrogens with zero attached hydrogens (tertiary/aromatic N) is 5. The summed E-state index contributed by atoms with van der Waals surface area (Å²) in [5.74, 6) is 0.188. The quantitative estimate of drug-likeness (QED) is 0.515. The van der Waals surface area contributed by atoms with Crippen molar-refractivity contribution in [3.63, 3.8) is 0 Å². The number of nitrogens with one attached hydrogen (secondary N) is 1. The van der Waals surface area contributed by atoms with E-state index < -0.39 is 6.03 Å². The Kier molecular flexibility index (Phi) is 4.89. The van der Waals surface area contributed by atoms with Gasteiger partial charge in [-0.3, -0.25) is 4.84 Å². The molecule has 9 nitrogen and oxygen atoms in total. The van der Waals surface area contributed by atoms with Crippen LogP contribution in [0.2, 0.25) is 0 Å². The average molecular weight is 425 g/mol. The van der Waals surface area contributed by atoms with E-state index in [2.05, 4.69) is 21.5 Å². The summed E-state index contributed by atoms with van der Waals surface area (Å²) < 4.78 is 1.59. The molecule has 3 heterocycles. The third-order valence-electron chi connectivity index (χ3n) is 5.35. The summed E-state index contributed by atoms with van der Waals surface area (Å²) in [5.41, 5.74) is 9.68. The molecule has 2 aromatic heterocycles. The van der Waals surface area contributed by atoms with Crippen molar-refractivity contribution >= 4 is 23.3 Å². The highest BCUT2D eigenvalue weighted by Gasteiger charge is 2.32. The summed E-state index contributed by atoms with van der Waals surface area (Å²) in [6.45, 7) is 0.444. The van der Waals surface area contributed by atoms with Crippen LogP contribution in [0.3, 0.4) is 0 Å². The van der Waals surface area contributed by atoms with E-state index >= 15 is 0 Å². The number of pyridine rings is 1. The van der Waals surface area contributed by atoms with E-state index in [1.807, 2.05) is 42.5 Å². The van der Waals surface area contributed by atoms with Gasteiger partial charge in [0.15, 0.2) is 5.65 Å². The number of nitriles is 1. The lowest BCUT2D eigenvalue weighted by Crippen LogP contribution is -2.33. The Balaban J connectivity index is 1.43. The molecule has 0 aliphatic carbocycles. The number of hydrogen-bond acceptors (Lipinski definition) is 6. The van der Waals surface area contributed by atoms with Gasteiger partial charge in [-0.15, -0.1) is 5.10 Å². The third-order valence-corrected chi connectivity index (χ3v) is 5.35. The Morgan fingerprint density at radius 2 is 1.97 bits per heavy atom. The lowest BCUT2D eigenvalue weighted by atomic mass is 10.0. The summed E-state index contributed by atoms with van der Waals surface area (Å²) in [6.07, 6.45) is 2.49. The lowest BCUT2D eigenvalue weighted by Gasteiger charge is -2.23. The van der Waals surface area contributed by atoms with Gasteiger partial charge < -0.3 is 11.1 Å². The normalized spacial score (nSPS) is 15.6. The Labute approximate surface area is 183 Å². The molecular formula is C23H19N7O2. The molecule has 2 amide bonds. The van der Waals surface area contributed by atoms with Gasteiger partial charge in [0.2, 0.25) is 5.95 Å². The molecule has 3 N–H and O–H groups in total. The molecule has 0 spiro atoms. The van der Waals surface area contributed by atoms with Gasteiger partial charge in [0, 0.05) is 18.2 Å². The van der Waals surface area contributed by atoms with E-state index in [1.54, 1.807) is 28.9 Å². The second-order valence-electron chi connectivity index (χ2n) is 7.37. The molecule has 2 aromatic carbocycles. The van der Waals surface area contributed by atoms with E-state index in [4.69, 9.17) is 10.6 Å². The monoisotopic (exact) mass is 425 g/mol. The van der Waals surface area contributed by atoms with Gasteiger partial charge in [-0.25, -0.2) is 9.31 Å². The van der Waals surface area contributed by atoms with Crippen LogP contribution < -0.4 is 11.1 Å². The van der Waals surface area contributed by atoms with Gasteiger partial charge in [-0.05, 0) is 35.4 Å². The first-order valence-electron chi connectivity index (χ1n) is 10.1. The Morgan fingerprint density at radius 3 is 2.78 bits per heavy atom. The lowest BCUT2D eigenvalue weighted by molar-refractivity contribution is -0.0829. The maximum Gasteiger partial charge on any atom is 0.346 e. The first-order valence-corrected chi connectivity index (χ1v) is 10.1. The molecule has 32 heavy (non-hydrogen) atoms. The molecule has 1 aliphatic rings. The summed E-state index contributed by atoms with van der Waals surface area (Å²) in [6, 6.07) is 20.2. The molecular weight excluding hydrogens is 406 g/mol. The van der Waals surface area contributed by atoms with Crippen molar-refractivity contribution in [1.82, 2.24) is 19.7 Å². The number of urea groups is 1. The molecule has 1 fully saturated rings. The number of aromatic nitrogens is 3. The molecule has 1 unspecified atom stereocenters. The molecule has 1 atom stereocenters. The van der Waals surface area contributed by atoms with Gasteiger partial charge in [0.25, 0.3) is 0 Å². The van der Waals surface area contributed by atoms with Crippen molar-refractivity contribution in [3.05, 3.63) is 78.0 Å². The van der Waals surface area contributed by atoms with Crippen LogP contribution in [0.4, 0.5) is 16.4 Å². The number of nitrogens with two attached hydrogens (primary N) is 1. The molecule has 1 aliphatic heterocycles. The minimum Gasteiger partial charge on any atom is -0.366 e. The number of anilines is 2. The zero-order valence-electron chi connectivity index (χ0n) is 17.0. The second-order valence-corrected chi connectivity index (χ2v) is 7.37. The first-order chi connectivity index (χ1) is 15.6. The van der Waals surface area contributed by atoms with Crippen LogP contribution in [0.5, 0.6) is 0 Å². The Hall–Kier alpha value is -4.42. The first kappa shape index (κ1) is 19.5. The predicted octanol–water partition coefficient (Wildman–Crippen LogP) is 3.76. The van der Waals surface area contributed by atoms with Gasteiger partial charge in [0.05, 0.1) is 23.9 Å². The highest BCUT2D eigenvalue weighted by atomic mass is 16.7. The highest BCUT2D eigenvalue weighted by Crippen LogP contribution is 2.32. The zero-order chi connectivity index (χ0) is 22.1. The van der Waals surface area contributed by atoms with Crippen LogP contribution in [0, 0.1) is 11.3 Å². The molecule has 1 saturated heterocycles. The molecule has 158 valence electrons. The van der Waals surface area contributed by atoms with Gasteiger partial charge in [0.1, 0.15) is 6.07 Å². The Bertz CT molecular complexity index is 1340. The maximum absolute atomic E-state index is 13.0. The van der Waals surface area contributed by atoms with Crippen molar-refractivity contribution in [2.45, 2.75) is 12.5 Å². The fraction of sp³-hybridized carbons (Fsp3) is 0.130. The van der Waals surface area contributed by atoms with Crippen molar-refractivity contribution in [3.8, 4) is 17.2 Å². The standard InChI is InChI=1S/C23H19N7O2/c24-13-17-7-6-16(18-8-9-21-27-22(25)28-29(21)14-18)12-19(17)26-23(31)30-20(10-11-32-30)15-4-2-1-3-5-15/h1-9,12,14,20H,10-11H2,(H2,25,28)(H,26,31). The van der Waals surface area contributed by atoms with Crippen molar-refractivity contribution in [2.24, 2.45) is 0 Å². The second kappa shape index (κ2) is 8.02. The number of hydrogen-bond donors (Lipinski definition) is 2. The third kappa shape index (κ3) is 3.59. The average Bonchev–Trinajstić information content (AvgIpc) is 3.45. The van der Waals surface area contributed by atoms with Gasteiger partial charge in [-0.1, -0.05) is 36.4 Å². The van der Waals surface area contributed by atoms with E-state index in [0.717, 1.165) is 16.7 Å². The maximum atomic E-state index is 13.0. The number of fused-ring (bicyclic) bond motifs is 1. The fourth-order valence-electron chi connectivity index (χ4n) is 3.81. The van der Waals surface area contributed by atoms with Gasteiger partial charge >= 0.3 is 6.03 Å². The summed E-state index contributed by atoms with van der Waals surface area (Å²) in [4.78, 5) is 22.8. The Morgan fingerprint density at radius 1 is 1.16 bits per heavy atom. The van der Waals surface area contributed by atoms with Crippen LogP contribution in [0.25, 0.3) is 16.8 Å². The summed E-state index contributed by atoms with van der Waals surface area (Å²) in [5, 5.41) is 17.9. The summed E-state index contributed by atoms with van der Waals surface area (Å²) in [7, 11) is 0. The van der Waals surface area contributed by atoms with E-state index in [0.29, 0.717) is 29.9 Å². The number of amides is 2. The number of hydroxylamine groups is 2.